The molecule has 0 aromatic carbocycles. The van der Waals surface area contributed by atoms with Crippen molar-refractivity contribution in [1.82, 2.24) is 0 Å². The maximum absolute atomic E-state index is 13.0. The van der Waals surface area contributed by atoms with Crippen LogP contribution in [0.4, 0.5) is 70.2 Å². The molecule has 0 fully saturated rings. The van der Waals surface area contributed by atoms with Crippen LogP contribution in [0.25, 0.3) is 0 Å². The molecule has 3 nitrogen and oxygen atoms in total. The molecule has 31 heavy (non-hydrogen) atoms. The summed E-state index contributed by atoms with van der Waals surface area (Å²) in [5.41, 5.74) is 0. The number of alkyl halides is 16. The van der Waals surface area contributed by atoms with Crippen molar-refractivity contribution in [3.8, 4) is 0 Å². The second-order valence-corrected chi connectivity index (χ2v) is 5.54. The van der Waals surface area contributed by atoms with Gasteiger partial charge >= 0.3 is 48.4 Å². The lowest BCUT2D eigenvalue weighted by atomic mass is 10.1. The second-order valence-electron chi connectivity index (χ2n) is 5.54. The van der Waals surface area contributed by atoms with Crippen LogP contribution in [0.5, 0.6) is 0 Å². The van der Waals surface area contributed by atoms with E-state index in [1.807, 2.05) is 0 Å². The van der Waals surface area contributed by atoms with Crippen LogP contribution in [-0.2, 0) is 14.2 Å². The fourth-order valence-electron chi connectivity index (χ4n) is 1.43. The monoisotopic (exact) mass is 506 g/mol. The zero-order chi connectivity index (χ0) is 25.1. The van der Waals surface area contributed by atoms with Crippen molar-refractivity contribution in [2.45, 2.75) is 48.4 Å². The Morgan fingerprint density at radius 2 is 0.710 bits per heavy atom. The highest BCUT2D eigenvalue weighted by Gasteiger charge is 2.76. The lowest BCUT2D eigenvalue weighted by Gasteiger charge is -2.32. The largest absolute Gasteiger partial charge is 0.380 e. The third-order valence-electron chi connectivity index (χ3n) is 3.20. The minimum atomic E-state index is -6.62. The van der Waals surface area contributed by atoms with Crippen LogP contribution >= 0.6 is 0 Å². The lowest BCUT2D eigenvalue weighted by Crippen LogP contribution is -2.59. The van der Waals surface area contributed by atoms with Crippen LogP contribution in [0, 0.1) is 0 Å². The fraction of sp³-hybridized carbons (Fsp3) is 1.00. The van der Waals surface area contributed by atoms with Crippen LogP contribution in [0.3, 0.4) is 0 Å². The van der Waals surface area contributed by atoms with Crippen LogP contribution < -0.4 is 0 Å². The van der Waals surface area contributed by atoms with Crippen LogP contribution in [-0.4, -0.2) is 75.2 Å². The molecule has 0 aromatic rings. The first kappa shape index (κ1) is 29.8. The lowest BCUT2D eigenvalue weighted by molar-refractivity contribution is -0.352. The van der Waals surface area contributed by atoms with Crippen molar-refractivity contribution in [2.24, 2.45) is 0 Å². The van der Waals surface area contributed by atoms with E-state index >= 15 is 0 Å². The molecule has 0 bridgehead atoms. The van der Waals surface area contributed by atoms with E-state index in [9.17, 15) is 70.2 Å². The molecule has 0 spiro atoms. The summed E-state index contributed by atoms with van der Waals surface area (Å²) in [4.78, 5) is 0. The molecule has 0 aromatic heterocycles. The van der Waals surface area contributed by atoms with E-state index in [1.165, 1.54) is 0 Å². The molecule has 0 rings (SSSR count). The van der Waals surface area contributed by atoms with Crippen molar-refractivity contribution in [3.63, 3.8) is 0 Å². The normalized spacial score (nSPS) is 15.3. The van der Waals surface area contributed by atoms with Gasteiger partial charge in [-0.3, -0.25) is 0 Å². The van der Waals surface area contributed by atoms with Gasteiger partial charge in [-0.05, 0) is 0 Å². The van der Waals surface area contributed by atoms with Crippen molar-refractivity contribution in [3.05, 3.63) is 0 Å². The quantitative estimate of drug-likeness (QED) is 0.182. The van der Waals surface area contributed by atoms with E-state index in [1.54, 1.807) is 0 Å². The first-order valence-corrected chi connectivity index (χ1v) is 7.16. The molecule has 0 heterocycles. The van der Waals surface area contributed by atoms with E-state index in [-0.39, 0.29) is 0 Å². The number of ether oxygens (including phenoxy) is 3. The van der Waals surface area contributed by atoms with Crippen LogP contribution in [0.2, 0.25) is 0 Å². The molecular weight excluding hydrogens is 496 g/mol. The summed E-state index contributed by atoms with van der Waals surface area (Å²) >= 11 is 0. The van der Waals surface area contributed by atoms with Crippen molar-refractivity contribution < 1.29 is 84.5 Å². The Balaban J connectivity index is 4.60. The van der Waals surface area contributed by atoms with Crippen LogP contribution in [0.1, 0.15) is 0 Å². The summed E-state index contributed by atoms with van der Waals surface area (Å²) in [6, 6.07) is 0. The molecule has 0 N–H and O–H groups in total. The number of hydrogen-bond donors (Lipinski definition) is 0. The Bertz CT molecular complexity index is 516. The predicted molar refractivity (Wildman–Crippen MR) is 64.4 cm³/mol. The van der Waals surface area contributed by atoms with E-state index in [0.29, 0.717) is 0 Å². The number of halogens is 16. The molecule has 0 unspecified atom stereocenters. The molecule has 0 aliphatic rings. The SMILES string of the molecule is FC(F)C(F)(F)C(F)(F)C(F)(F)COCOCOCC(F)(F)C(F)(F)C(F)(F)C(F)F. The highest BCUT2D eigenvalue weighted by molar-refractivity contribution is 4.98. The molecule has 0 saturated heterocycles. The molecule has 0 saturated carbocycles. The summed E-state index contributed by atoms with van der Waals surface area (Å²) < 4.78 is 212. The van der Waals surface area contributed by atoms with Crippen molar-refractivity contribution >= 4 is 0 Å². The Hall–Kier alpha value is -1.24. The number of rotatable bonds is 14. The van der Waals surface area contributed by atoms with Gasteiger partial charge in [-0.25, -0.2) is 17.6 Å². The third kappa shape index (κ3) is 5.96. The zero-order valence-corrected chi connectivity index (χ0v) is 14.3. The molecule has 19 heteroatoms. The Morgan fingerprint density at radius 3 is 0.935 bits per heavy atom. The number of hydrogen-bond acceptors (Lipinski definition) is 3. The van der Waals surface area contributed by atoms with Gasteiger partial charge in [0.25, 0.3) is 0 Å². The topological polar surface area (TPSA) is 27.7 Å². The van der Waals surface area contributed by atoms with Gasteiger partial charge in [-0.1, -0.05) is 0 Å². The van der Waals surface area contributed by atoms with E-state index in [4.69, 9.17) is 0 Å². The highest BCUT2D eigenvalue weighted by atomic mass is 19.4. The molecule has 0 radical (unpaired) electrons. The minimum absolute atomic E-state index is 1.68. The predicted octanol–water partition coefficient (Wildman–Crippen LogP) is 5.29. The first-order chi connectivity index (χ1) is 13.6. The summed E-state index contributed by atoms with van der Waals surface area (Å²) in [7, 11) is 0. The minimum Gasteiger partial charge on any atom is -0.349 e. The summed E-state index contributed by atoms with van der Waals surface area (Å²) in [5.74, 6) is -38.0. The highest BCUT2D eigenvalue weighted by Crippen LogP contribution is 2.49. The molecule has 188 valence electrons. The van der Waals surface area contributed by atoms with Crippen molar-refractivity contribution in [2.75, 3.05) is 26.8 Å². The van der Waals surface area contributed by atoms with Gasteiger partial charge < -0.3 is 14.2 Å². The Morgan fingerprint density at radius 1 is 0.452 bits per heavy atom. The van der Waals surface area contributed by atoms with Gasteiger partial charge in [0.15, 0.2) is 0 Å². The standard InChI is InChI=1S/C12H10F16O3/c13-5(14)9(21,22)11(25,26)7(17,18)1-29-3-31-4-30-2-8(19,20)12(27,28)10(23,24)6(15)16/h5-6H,1-4H2. The maximum atomic E-state index is 13.0. The van der Waals surface area contributed by atoms with E-state index in [0.717, 1.165) is 0 Å². The fourth-order valence-corrected chi connectivity index (χ4v) is 1.43. The average Bonchev–Trinajstić information content (AvgIpc) is 2.59. The van der Waals surface area contributed by atoms with Gasteiger partial charge in [-0.2, -0.15) is 52.7 Å². The molecule has 0 atom stereocenters. The first-order valence-electron chi connectivity index (χ1n) is 7.16. The van der Waals surface area contributed by atoms with Gasteiger partial charge in [0, 0.05) is 0 Å². The Labute approximate surface area is 161 Å². The molecule has 0 amide bonds. The molecule has 0 aliphatic heterocycles. The molecule has 0 aliphatic carbocycles. The van der Waals surface area contributed by atoms with Gasteiger partial charge in [-0.15, -0.1) is 0 Å². The van der Waals surface area contributed by atoms with E-state index in [2.05, 4.69) is 14.2 Å². The second kappa shape index (κ2) is 9.72. The average molecular weight is 506 g/mol. The van der Waals surface area contributed by atoms with Gasteiger partial charge in [0.1, 0.15) is 26.8 Å². The third-order valence-corrected chi connectivity index (χ3v) is 3.20. The van der Waals surface area contributed by atoms with Crippen LogP contribution in [0.15, 0.2) is 0 Å². The maximum Gasteiger partial charge on any atom is 0.380 e. The smallest absolute Gasteiger partial charge is 0.349 e. The summed E-state index contributed by atoms with van der Waals surface area (Å²) in [6.07, 6.45) is -10.4. The van der Waals surface area contributed by atoms with Gasteiger partial charge in [0.05, 0.1) is 0 Å². The summed E-state index contributed by atoms with van der Waals surface area (Å²) in [6.45, 7) is -8.73. The Kier molecular flexibility index (Phi) is 9.33. The van der Waals surface area contributed by atoms with Gasteiger partial charge in [0.2, 0.25) is 0 Å². The van der Waals surface area contributed by atoms with E-state index < -0.39 is 75.2 Å². The summed E-state index contributed by atoms with van der Waals surface area (Å²) in [5, 5.41) is 0. The molecular formula is C12H10F16O3. The van der Waals surface area contributed by atoms with Crippen molar-refractivity contribution in [1.29, 1.82) is 0 Å². The zero-order valence-electron chi connectivity index (χ0n) is 14.3.